The van der Waals surface area contributed by atoms with Gasteiger partial charge in [0.05, 0.1) is 11.0 Å². The molecule has 0 unspecified atom stereocenters. The minimum absolute atomic E-state index is 0.671. The van der Waals surface area contributed by atoms with Crippen molar-refractivity contribution < 1.29 is 4.74 Å². The number of aromatic nitrogens is 2. The Balaban J connectivity index is 1.88. The molecule has 2 heterocycles. The van der Waals surface area contributed by atoms with Gasteiger partial charge < -0.3 is 9.64 Å². The second-order valence-corrected chi connectivity index (χ2v) is 6.97. The molecule has 5 heteroatoms. The third-order valence-corrected chi connectivity index (χ3v) is 4.91. The number of rotatable bonds is 4. The van der Waals surface area contributed by atoms with Crippen LogP contribution in [0, 0.1) is 6.92 Å². The van der Waals surface area contributed by atoms with Crippen molar-refractivity contribution in [3.63, 3.8) is 0 Å². The number of fused-ring (bicyclic) bond motifs is 5. The van der Waals surface area contributed by atoms with E-state index in [2.05, 4.69) is 34.1 Å². The zero-order valence-electron chi connectivity index (χ0n) is 14.6. The van der Waals surface area contributed by atoms with Crippen LogP contribution in [0.15, 0.2) is 42.7 Å². The molecular formula is C20H20ClN3O. The van der Waals surface area contributed by atoms with Crippen molar-refractivity contribution in [3.05, 3.63) is 48.3 Å². The van der Waals surface area contributed by atoms with Crippen LogP contribution in [0.5, 0.6) is 5.75 Å². The molecule has 4 aromatic rings. The average Bonchev–Trinajstić information content (AvgIpc) is 2.88. The Morgan fingerprint density at radius 3 is 2.76 bits per heavy atom. The smallest absolute Gasteiger partial charge is 0.120 e. The van der Waals surface area contributed by atoms with E-state index in [-0.39, 0.29) is 0 Å². The Bertz CT molecular complexity index is 1080. The van der Waals surface area contributed by atoms with Gasteiger partial charge in [0.25, 0.3) is 0 Å². The van der Waals surface area contributed by atoms with Crippen LogP contribution >= 0.6 is 11.8 Å². The maximum atomic E-state index is 6.58. The highest BCUT2D eigenvalue weighted by Gasteiger charge is 2.14. The number of benzene rings is 2. The van der Waals surface area contributed by atoms with Gasteiger partial charge in [-0.05, 0) is 61.6 Å². The molecule has 2 aromatic carbocycles. The SMILES string of the molecule is Cc1cncc2c3c4ccc(OCCN(C)C)cc4ccc3n(Cl)c12. The second-order valence-electron chi connectivity index (χ2n) is 6.63. The second kappa shape index (κ2) is 6.21. The Morgan fingerprint density at radius 2 is 1.96 bits per heavy atom. The normalized spacial score (nSPS) is 11.9. The Hall–Kier alpha value is -2.30. The topological polar surface area (TPSA) is 30.3 Å². The molecule has 0 atom stereocenters. The summed E-state index contributed by atoms with van der Waals surface area (Å²) in [5.74, 6) is 0.887. The molecule has 0 saturated heterocycles. The highest BCUT2D eigenvalue weighted by Crippen LogP contribution is 2.37. The van der Waals surface area contributed by atoms with Crippen LogP contribution in [0.3, 0.4) is 0 Å². The minimum atomic E-state index is 0.671. The Labute approximate surface area is 151 Å². The predicted octanol–water partition coefficient (Wildman–Crippen LogP) is 4.59. The first kappa shape index (κ1) is 16.2. The van der Waals surface area contributed by atoms with Gasteiger partial charge in [-0.2, -0.15) is 0 Å². The third-order valence-electron chi connectivity index (χ3n) is 4.55. The maximum Gasteiger partial charge on any atom is 0.120 e. The van der Waals surface area contributed by atoms with E-state index in [1.165, 1.54) is 0 Å². The number of halogens is 1. The van der Waals surface area contributed by atoms with Crippen molar-refractivity contribution in [2.24, 2.45) is 0 Å². The summed E-state index contributed by atoms with van der Waals surface area (Å²) < 4.78 is 7.60. The number of nitrogens with zero attached hydrogens (tertiary/aromatic N) is 3. The molecule has 128 valence electrons. The number of likely N-dealkylation sites (N-methyl/N-ethyl adjacent to an activating group) is 1. The largest absolute Gasteiger partial charge is 0.492 e. The van der Waals surface area contributed by atoms with Crippen molar-refractivity contribution in [2.75, 3.05) is 27.2 Å². The molecule has 0 aliphatic heterocycles. The molecule has 0 fully saturated rings. The zero-order valence-corrected chi connectivity index (χ0v) is 15.3. The molecule has 4 rings (SSSR count). The molecule has 0 aliphatic rings. The summed E-state index contributed by atoms with van der Waals surface area (Å²) >= 11 is 6.58. The maximum absolute atomic E-state index is 6.58. The van der Waals surface area contributed by atoms with Crippen LogP contribution in [0.2, 0.25) is 0 Å². The lowest BCUT2D eigenvalue weighted by atomic mass is 10.0. The van der Waals surface area contributed by atoms with E-state index in [0.29, 0.717) is 6.61 Å². The molecule has 0 saturated carbocycles. The number of hydrogen-bond acceptors (Lipinski definition) is 3. The summed E-state index contributed by atoms with van der Waals surface area (Å²) in [6.07, 6.45) is 3.74. The first-order chi connectivity index (χ1) is 12.1. The fourth-order valence-corrected chi connectivity index (χ4v) is 3.67. The summed E-state index contributed by atoms with van der Waals surface area (Å²) in [6.45, 7) is 3.60. The van der Waals surface area contributed by atoms with Crippen molar-refractivity contribution in [1.29, 1.82) is 0 Å². The van der Waals surface area contributed by atoms with Gasteiger partial charge in [-0.25, -0.2) is 0 Å². The van der Waals surface area contributed by atoms with Crippen LogP contribution < -0.4 is 4.74 Å². The first-order valence-electron chi connectivity index (χ1n) is 8.31. The predicted molar refractivity (Wildman–Crippen MR) is 105 cm³/mol. The van der Waals surface area contributed by atoms with Crippen molar-refractivity contribution in [3.8, 4) is 5.75 Å². The molecule has 0 bridgehead atoms. The van der Waals surface area contributed by atoms with Crippen molar-refractivity contribution in [1.82, 2.24) is 14.0 Å². The van der Waals surface area contributed by atoms with Crippen LogP contribution in [-0.4, -0.2) is 41.2 Å². The van der Waals surface area contributed by atoms with Crippen LogP contribution in [0.25, 0.3) is 32.6 Å². The zero-order chi connectivity index (χ0) is 17.6. The molecule has 0 amide bonds. The van der Waals surface area contributed by atoms with Gasteiger partial charge in [0.15, 0.2) is 0 Å². The molecule has 0 radical (unpaired) electrons. The monoisotopic (exact) mass is 353 g/mol. The molecule has 2 aromatic heterocycles. The van der Waals surface area contributed by atoms with E-state index in [0.717, 1.165) is 50.4 Å². The summed E-state index contributed by atoms with van der Waals surface area (Å²) in [7, 11) is 4.08. The summed E-state index contributed by atoms with van der Waals surface area (Å²) in [5.41, 5.74) is 3.09. The van der Waals surface area contributed by atoms with E-state index >= 15 is 0 Å². The summed E-state index contributed by atoms with van der Waals surface area (Å²) in [5, 5.41) is 4.52. The third kappa shape index (κ3) is 2.71. The van der Waals surface area contributed by atoms with Crippen LogP contribution in [0.4, 0.5) is 0 Å². The molecule has 0 aliphatic carbocycles. The van der Waals surface area contributed by atoms with Crippen molar-refractivity contribution >= 4 is 44.4 Å². The lowest BCUT2D eigenvalue weighted by molar-refractivity contribution is 0.261. The van der Waals surface area contributed by atoms with Gasteiger partial charge >= 0.3 is 0 Å². The lowest BCUT2D eigenvalue weighted by Crippen LogP contribution is -2.19. The van der Waals surface area contributed by atoms with Gasteiger partial charge in [0, 0.05) is 41.5 Å². The van der Waals surface area contributed by atoms with Gasteiger partial charge in [-0.3, -0.25) is 9.07 Å². The first-order valence-corrected chi connectivity index (χ1v) is 8.65. The van der Waals surface area contributed by atoms with Gasteiger partial charge in [-0.15, -0.1) is 0 Å². The highest BCUT2D eigenvalue weighted by molar-refractivity contribution is 6.30. The van der Waals surface area contributed by atoms with E-state index in [9.17, 15) is 0 Å². The number of ether oxygens (including phenoxy) is 1. The molecule has 0 spiro atoms. The van der Waals surface area contributed by atoms with Crippen LogP contribution in [-0.2, 0) is 0 Å². The number of hydrogen-bond donors (Lipinski definition) is 0. The highest BCUT2D eigenvalue weighted by atomic mass is 35.5. The van der Waals surface area contributed by atoms with Crippen molar-refractivity contribution in [2.45, 2.75) is 6.92 Å². The van der Waals surface area contributed by atoms with E-state index in [1.807, 2.05) is 39.5 Å². The lowest BCUT2D eigenvalue weighted by Gasteiger charge is -2.11. The fraction of sp³-hybridized carbons (Fsp3) is 0.250. The summed E-state index contributed by atoms with van der Waals surface area (Å²) in [4.78, 5) is 6.46. The van der Waals surface area contributed by atoms with Gasteiger partial charge in [0.1, 0.15) is 12.4 Å². The van der Waals surface area contributed by atoms with Gasteiger partial charge in [-0.1, -0.05) is 6.07 Å². The van der Waals surface area contributed by atoms with Gasteiger partial charge in [0.2, 0.25) is 0 Å². The van der Waals surface area contributed by atoms with Crippen LogP contribution in [0.1, 0.15) is 5.56 Å². The average molecular weight is 354 g/mol. The van der Waals surface area contributed by atoms with E-state index in [1.54, 1.807) is 4.09 Å². The molecule has 0 N–H and O–H groups in total. The number of aryl methyl sites for hydroxylation is 1. The quantitative estimate of drug-likeness (QED) is 0.537. The van der Waals surface area contributed by atoms with E-state index < -0.39 is 0 Å². The number of pyridine rings is 1. The standard InChI is InChI=1S/C20H20ClN3O/c1-13-11-22-12-17-19-16-6-5-15(25-9-8-23(2)3)10-14(16)4-7-18(19)24(21)20(13)17/h4-7,10-12H,8-9H2,1-3H3. The molecule has 25 heavy (non-hydrogen) atoms. The Morgan fingerprint density at radius 1 is 1.12 bits per heavy atom. The fourth-order valence-electron chi connectivity index (χ4n) is 3.30. The summed E-state index contributed by atoms with van der Waals surface area (Å²) in [6, 6.07) is 10.4. The Kier molecular flexibility index (Phi) is 4.02. The minimum Gasteiger partial charge on any atom is -0.492 e. The van der Waals surface area contributed by atoms with E-state index in [4.69, 9.17) is 16.5 Å². The molecular weight excluding hydrogens is 334 g/mol. The molecule has 4 nitrogen and oxygen atoms in total.